The standard InChI is InChI=1S/C10H16N4O5/c1-7-12-8(13-19-7)5-11-10(17)14(3-4-18-2)6-9(15)16/h3-6H2,1-2H3,(H,11,17)(H,15,16). The molecule has 0 radical (unpaired) electrons. The monoisotopic (exact) mass is 272 g/mol. The molecule has 0 aliphatic carbocycles. The summed E-state index contributed by atoms with van der Waals surface area (Å²) in [6.45, 7) is 1.73. The van der Waals surface area contributed by atoms with Crippen LogP contribution in [0.5, 0.6) is 0 Å². The zero-order chi connectivity index (χ0) is 14.3. The molecule has 0 aliphatic rings. The lowest BCUT2D eigenvalue weighted by atomic mass is 10.5. The van der Waals surface area contributed by atoms with Crippen molar-refractivity contribution in [2.45, 2.75) is 13.5 Å². The lowest BCUT2D eigenvalue weighted by Gasteiger charge is -2.20. The van der Waals surface area contributed by atoms with E-state index in [1.165, 1.54) is 7.11 Å². The highest BCUT2D eigenvalue weighted by atomic mass is 16.5. The van der Waals surface area contributed by atoms with Crippen LogP contribution in [0.4, 0.5) is 4.79 Å². The Balaban J connectivity index is 2.48. The summed E-state index contributed by atoms with van der Waals surface area (Å²) >= 11 is 0. The van der Waals surface area contributed by atoms with E-state index in [0.717, 1.165) is 4.90 Å². The van der Waals surface area contributed by atoms with Gasteiger partial charge in [0, 0.05) is 20.6 Å². The summed E-state index contributed by atoms with van der Waals surface area (Å²) in [6.07, 6.45) is 0. The van der Waals surface area contributed by atoms with Gasteiger partial charge >= 0.3 is 12.0 Å². The summed E-state index contributed by atoms with van der Waals surface area (Å²) in [6, 6.07) is -0.526. The number of hydrogen-bond donors (Lipinski definition) is 2. The number of nitrogens with zero attached hydrogens (tertiary/aromatic N) is 3. The first-order valence-electron chi connectivity index (χ1n) is 5.55. The number of nitrogens with one attached hydrogen (secondary N) is 1. The number of carboxylic acids is 1. The Bertz CT molecular complexity index is 433. The van der Waals surface area contributed by atoms with Crippen LogP contribution in [0.25, 0.3) is 0 Å². The van der Waals surface area contributed by atoms with Gasteiger partial charge in [-0.25, -0.2) is 4.79 Å². The Hall–Kier alpha value is -2.16. The highest BCUT2D eigenvalue weighted by Crippen LogP contribution is 1.96. The fourth-order valence-corrected chi connectivity index (χ4v) is 1.30. The van der Waals surface area contributed by atoms with Crippen LogP contribution in [-0.4, -0.2) is 59.0 Å². The predicted molar refractivity (Wildman–Crippen MR) is 62.4 cm³/mol. The van der Waals surface area contributed by atoms with E-state index in [1.54, 1.807) is 6.92 Å². The largest absolute Gasteiger partial charge is 0.480 e. The number of carboxylic acid groups (broad SMARTS) is 1. The maximum absolute atomic E-state index is 11.8. The Kier molecular flexibility index (Phi) is 5.73. The minimum Gasteiger partial charge on any atom is -0.480 e. The van der Waals surface area contributed by atoms with Crippen molar-refractivity contribution in [3.63, 3.8) is 0 Å². The lowest BCUT2D eigenvalue weighted by molar-refractivity contribution is -0.137. The number of aliphatic carboxylic acids is 1. The molecule has 0 unspecified atom stereocenters. The van der Waals surface area contributed by atoms with E-state index in [0.29, 0.717) is 11.7 Å². The molecule has 1 aromatic rings. The molecule has 0 saturated carbocycles. The van der Waals surface area contributed by atoms with Gasteiger partial charge in [0.25, 0.3) is 0 Å². The molecule has 0 spiro atoms. The fraction of sp³-hybridized carbons (Fsp3) is 0.600. The average Bonchev–Trinajstić information content (AvgIpc) is 2.77. The highest BCUT2D eigenvalue weighted by molar-refractivity contribution is 5.79. The van der Waals surface area contributed by atoms with Crippen molar-refractivity contribution in [3.8, 4) is 0 Å². The topological polar surface area (TPSA) is 118 Å². The van der Waals surface area contributed by atoms with Crippen molar-refractivity contribution in [2.24, 2.45) is 0 Å². The van der Waals surface area contributed by atoms with Gasteiger partial charge in [-0.1, -0.05) is 5.16 Å². The van der Waals surface area contributed by atoms with Gasteiger partial charge in [-0.2, -0.15) is 4.98 Å². The molecule has 0 fully saturated rings. The number of aryl methyl sites for hydroxylation is 1. The van der Waals surface area contributed by atoms with Gasteiger partial charge in [0.05, 0.1) is 13.2 Å². The number of hydrogen-bond acceptors (Lipinski definition) is 6. The molecule has 1 heterocycles. The number of carbonyl (C=O) groups excluding carboxylic acids is 1. The molecular weight excluding hydrogens is 256 g/mol. The summed E-state index contributed by atoms with van der Waals surface area (Å²) in [5, 5.41) is 14.8. The number of aromatic nitrogens is 2. The molecule has 9 nitrogen and oxygen atoms in total. The third-order valence-corrected chi connectivity index (χ3v) is 2.15. The van der Waals surface area contributed by atoms with Gasteiger partial charge in [0.2, 0.25) is 5.89 Å². The number of rotatable bonds is 7. The minimum absolute atomic E-state index is 0.0687. The van der Waals surface area contributed by atoms with Crippen LogP contribution in [-0.2, 0) is 16.1 Å². The van der Waals surface area contributed by atoms with Crippen molar-refractivity contribution < 1.29 is 24.0 Å². The van der Waals surface area contributed by atoms with E-state index >= 15 is 0 Å². The van der Waals surface area contributed by atoms with Gasteiger partial charge in [0.15, 0.2) is 5.82 Å². The van der Waals surface area contributed by atoms with Gasteiger partial charge in [0.1, 0.15) is 6.54 Å². The van der Waals surface area contributed by atoms with Crippen molar-refractivity contribution in [1.29, 1.82) is 0 Å². The zero-order valence-corrected chi connectivity index (χ0v) is 10.8. The van der Waals surface area contributed by atoms with Crippen molar-refractivity contribution >= 4 is 12.0 Å². The molecule has 0 atom stereocenters. The average molecular weight is 272 g/mol. The second-order valence-corrected chi connectivity index (χ2v) is 3.70. The highest BCUT2D eigenvalue weighted by Gasteiger charge is 2.16. The predicted octanol–water partition coefficient (Wildman–Crippen LogP) is -0.379. The van der Waals surface area contributed by atoms with Crippen molar-refractivity contribution in [2.75, 3.05) is 26.8 Å². The van der Waals surface area contributed by atoms with E-state index in [9.17, 15) is 9.59 Å². The normalized spacial score (nSPS) is 10.2. The Morgan fingerprint density at radius 3 is 2.79 bits per heavy atom. The molecule has 19 heavy (non-hydrogen) atoms. The molecule has 106 valence electrons. The summed E-state index contributed by atoms with van der Waals surface area (Å²) < 4.78 is 9.56. The first-order valence-corrected chi connectivity index (χ1v) is 5.55. The van der Waals surface area contributed by atoms with Crippen molar-refractivity contribution in [1.82, 2.24) is 20.4 Å². The minimum atomic E-state index is -1.10. The second-order valence-electron chi connectivity index (χ2n) is 3.70. The van der Waals surface area contributed by atoms with Crippen molar-refractivity contribution in [3.05, 3.63) is 11.7 Å². The fourth-order valence-electron chi connectivity index (χ4n) is 1.30. The van der Waals surface area contributed by atoms with Gasteiger partial charge in [-0.15, -0.1) is 0 Å². The Morgan fingerprint density at radius 2 is 2.26 bits per heavy atom. The summed E-state index contributed by atoms with van der Waals surface area (Å²) in [7, 11) is 1.47. The lowest BCUT2D eigenvalue weighted by Crippen LogP contribution is -2.44. The first kappa shape index (κ1) is 14.9. The number of urea groups is 1. The Morgan fingerprint density at radius 1 is 1.53 bits per heavy atom. The van der Waals surface area contributed by atoms with E-state index in [2.05, 4.69) is 15.5 Å². The van der Waals surface area contributed by atoms with Crippen LogP contribution < -0.4 is 5.32 Å². The molecule has 0 saturated heterocycles. The number of amides is 2. The van der Waals surface area contributed by atoms with Crippen LogP contribution >= 0.6 is 0 Å². The zero-order valence-electron chi connectivity index (χ0n) is 10.8. The molecule has 0 aliphatic heterocycles. The van der Waals surface area contributed by atoms with Gasteiger partial charge < -0.3 is 24.6 Å². The van der Waals surface area contributed by atoms with E-state index < -0.39 is 18.5 Å². The smallest absolute Gasteiger partial charge is 0.323 e. The molecule has 9 heteroatoms. The number of methoxy groups -OCH3 is 1. The third-order valence-electron chi connectivity index (χ3n) is 2.15. The van der Waals surface area contributed by atoms with Crippen LogP contribution in [0.2, 0.25) is 0 Å². The molecule has 0 bridgehead atoms. The van der Waals surface area contributed by atoms with Crippen LogP contribution in [0.15, 0.2) is 4.52 Å². The molecular formula is C10H16N4O5. The van der Waals surface area contributed by atoms with Gasteiger partial charge in [-0.05, 0) is 0 Å². The quantitative estimate of drug-likeness (QED) is 0.694. The maximum atomic E-state index is 11.8. The van der Waals surface area contributed by atoms with Gasteiger partial charge in [-0.3, -0.25) is 4.79 Å². The molecule has 1 aromatic heterocycles. The van der Waals surface area contributed by atoms with Crippen LogP contribution in [0.3, 0.4) is 0 Å². The number of ether oxygens (including phenoxy) is 1. The SMILES string of the molecule is COCCN(CC(=O)O)C(=O)NCc1noc(C)n1. The summed E-state index contributed by atoms with van der Waals surface area (Å²) in [4.78, 5) is 27.5. The van der Waals surface area contributed by atoms with Crippen LogP contribution in [0.1, 0.15) is 11.7 Å². The third kappa shape index (κ3) is 5.34. The molecule has 2 N–H and O–H groups in total. The maximum Gasteiger partial charge on any atom is 0.323 e. The molecule has 1 rings (SSSR count). The first-order chi connectivity index (χ1) is 9.02. The van der Waals surface area contributed by atoms with E-state index in [-0.39, 0.29) is 19.7 Å². The van der Waals surface area contributed by atoms with E-state index in [1.807, 2.05) is 0 Å². The van der Waals surface area contributed by atoms with Crippen LogP contribution in [0, 0.1) is 6.92 Å². The Labute approximate surface area is 109 Å². The molecule has 2 amide bonds. The summed E-state index contributed by atoms with van der Waals surface area (Å²) in [5.74, 6) is -0.374. The number of carbonyl (C=O) groups is 2. The second kappa shape index (κ2) is 7.31. The van der Waals surface area contributed by atoms with E-state index in [4.69, 9.17) is 14.4 Å². The molecule has 0 aromatic carbocycles. The summed E-state index contributed by atoms with van der Waals surface area (Å²) in [5.41, 5.74) is 0.